The van der Waals surface area contributed by atoms with Gasteiger partial charge >= 0.3 is 0 Å². The van der Waals surface area contributed by atoms with E-state index in [0.717, 1.165) is 17.0 Å². The fourth-order valence-corrected chi connectivity index (χ4v) is 2.09. The van der Waals surface area contributed by atoms with E-state index in [1.165, 1.54) is 5.56 Å². The Morgan fingerprint density at radius 3 is 2.50 bits per heavy atom. The van der Waals surface area contributed by atoms with Gasteiger partial charge in [-0.05, 0) is 18.1 Å². The maximum absolute atomic E-state index is 8.91. The molecule has 0 atom stereocenters. The van der Waals surface area contributed by atoms with Gasteiger partial charge in [0.25, 0.3) is 5.22 Å². The Morgan fingerprint density at radius 2 is 1.94 bits per heavy atom. The monoisotopic (exact) mass is 235 g/mol. The smallest absolute Gasteiger partial charge is 0.256 e. The topological polar surface area (TPSA) is 46.3 Å². The predicted octanol–water partition coefficient (Wildman–Crippen LogP) is 2.77. The molecule has 0 bridgehead atoms. The number of oxazole rings is 1. The van der Waals surface area contributed by atoms with Gasteiger partial charge in [-0.3, -0.25) is 0 Å². The van der Waals surface area contributed by atoms with Gasteiger partial charge in [0.2, 0.25) is 0 Å². The fourth-order valence-electron chi connectivity index (χ4n) is 1.28. The molecular weight excluding hydrogens is 222 g/mol. The molecule has 0 saturated carbocycles. The molecule has 84 valence electrons. The highest BCUT2D eigenvalue weighted by atomic mass is 32.2. The zero-order valence-corrected chi connectivity index (χ0v) is 9.83. The first-order valence-electron chi connectivity index (χ1n) is 5.01. The third-order valence-corrected chi connectivity index (χ3v) is 3.08. The molecule has 0 aliphatic heterocycles. The molecule has 0 unspecified atom stereocenters. The van der Waals surface area contributed by atoms with Gasteiger partial charge in [0.15, 0.2) is 0 Å². The van der Waals surface area contributed by atoms with Gasteiger partial charge in [0.05, 0.1) is 12.3 Å². The van der Waals surface area contributed by atoms with Crippen LogP contribution in [0.25, 0.3) is 0 Å². The van der Waals surface area contributed by atoms with Crippen LogP contribution in [0.2, 0.25) is 0 Å². The molecule has 1 aromatic heterocycles. The number of aryl methyl sites for hydroxylation is 1. The number of hydrogen-bond donors (Lipinski definition) is 1. The van der Waals surface area contributed by atoms with Crippen molar-refractivity contribution in [2.75, 3.05) is 0 Å². The SMILES string of the molecule is Cc1coc(SCc2ccc(CO)cc2)n1. The standard InChI is InChI=1S/C12H13NO2S/c1-9-7-15-12(13-9)16-8-11-4-2-10(6-14)3-5-11/h2-5,7,14H,6,8H2,1H3. The van der Waals surface area contributed by atoms with E-state index in [-0.39, 0.29) is 6.61 Å². The van der Waals surface area contributed by atoms with Gasteiger partial charge in [-0.25, -0.2) is 4.98 Å². The van der Waals surface area contributed by atoms with Crippen LogP contribution in [0.1, 0.15) is 16.8 Å². The van der Waals surface area contributed by atoms with E-state index in [1.807, 2.05) is 31.2 Å². The van der Waals surface area contributed by atoms with E-state index in [1.54, 1.807) is 18.0 Å². The van der Waals surface area contributed by atoms with Crippen molar-refractivity contribution in [3.05, 3.63) is 47.3 Å². The number of rotatable bonds is 4. The fraction of sp³-hybridized carbons (Fsp3) is 0.250. The Bertz CT molecular complexity index is 450. The highest BCUT2D eigenvalue weighted by Crippen LogP contribution is 2.21. The molecule has 0 aliphatic rings. The molecule has 4 heteroatoms. The number of hydrogen-bond acceptors (Lipinski definition) is 4. The minimum atomic E-state index is 0.0896. The summed E-state index contributed by atoms with van der Waals surface area (Å²) in [5, 5.41) is 9.61. The molecule has 16 heavy (non-hydrogen) atoms. The largest absolute Gasteiger partial charge is 0.440 e. The minimum Gasteiger partial charge on any atom is -0.440 e. The zero-order valence-electron chi connectivity index (χ0n) is 9.01. The number of aliphatic hydroxyl groups excluding tert-OH is 1. The van der Waals surface area contributed by atoms with Crippen molar-refractivity contribution in [1.82, 2.24) is 4.98 Å². The van der Waals surface area contributed by atoms with Crippen LogP contribution in [-0.4, -0.2) is 10.1 Å². The van der Waals surface area contributed by atoms with E-state index in [4.69, 9.17) is 9.52 Å². The average molecular weight is 235 g/mol. The second-order valence-electron chi connectivity index (χ2n) is 3.52. The Hall–Kier alpha value is -1.26. The summed E-state index contributed by atoms with van der Waals surface area (Å²) < 4.78 is 5.24. The van der Waals surface area contributed by atoms with Crippen molar-refractivity contribution in [3.63, 3.8) is 0 Å². The Kier molecular flexibility index (Phi) is 3.64. The van der Waals surface area contributed by atoms with Crippen LogP contribution in [0.15, 0.2) is 40.2 Å². The van der Waals surface area contributed by atoms with Gasteiger partial charge < -0.3 is 9.52 Å². The van der Waals surface area contributed by atoms with Crippen LogP contribution < -0.4 is 0 Å². The summed E-state index contributed by atoms with van der Waals surface area (Å²) >= 11 is 1.57. The molecule has 1 heterocycles. The molecular formula is C12H13NO2S. The number of benzene rings is 1. The van der Waals surface area contributed by atoms with Crippen LogP contribution in [0.4, 0.5) is 0 Å². The molecule has 2 aromatic rings. The quantitative estimate of drug-likeness (QED) is 0.828. The maximum atomic E-state index is 8.91. The first kappa shape index (κ1) is 11.2. The molecule has 1 aromatic carbocycles. The molecule has 2 rings (SSSR count). The van der Waals surface area contributed by atoms with Crippen LogP contribution in [0.5, 0.6) is 0 Å². The lowest BCUT2D eigenvalue weighted by atomic mass is 10.2. The number of nitrogens with zero attached hydrogens (tertiary/aromatic N) is 1. The highest BCUT2D eigenvalue weighted by Gasteiger charge is 2.02. The Labute approximate surface area is 98.5 Å². The average Bonchev–Trinajstić information content (AvgIpc) is 2.73. The van der Waals surface area contributed by atoms with Crippen molar-refractivity contribution in [1.29, 1.82) is 0 Å². The summed E-state index contributed by atoms with van der Waals surface area (Å²) in [5.41, 5.74) is 3.02. The Morgan fingerprint density at radius 1 is 1.25 bits per heavy atom. The molecule has 0 aliphatic carbocycles. The minimum absolute atomic E-state index is 0.0896. The summed E-state index contributed by atoms with van der Waals surface area (Å²) in [5.74, 6) is 0.825. The summed E-state index contributed by atoms with van der Waals surface area (Å²) in [7, 11) is 0. The lowest BCUT2D eigenvalue weighted by molar-refractivity contribution is 0.282. The first-order chi connectivity index (χ1) is 7.78. The van der Waals surface area contributed by atoms with Crippen LogP contribution in [0.3, 0.4) is 0 Å². The molecule has 0 fully saturated rings. The molecule has 3 nitrogen and oxygen atoms in total. The molecule has 0 saturated heterocycles. The van der Waals surface area contributed by atoms with Gasteiger partial charge in [-0.15, -0.1) is 0 Å². The first-order valence-corrected chi connectivity index (χ1v) is 6.00. The molecule has 1 N–H and O–H groups in total. The van der Waals surface area contributed by atoms with Crippen molar-refractivity contribution >= 4 is 11.8 Å². The number of aliphatic hydroxyl groups is 1. The van der Waals surface area contributed by atoms with Crippen LogP contribution in [-0.2, 0) is 12.4 Å². The third-order valence-electron chi connectivity index (χ3n) is 2.17. The number of thioether (sulfide) groups is 1. The lowest BCUT2D eigenvalue weighted by Gasteiger charge is -2.00. The summed E-state index contributed by atoms with van der Waals surface area (Å²) in [4.78, 5) is 4.22. The summed E-state index contributed by atoms with van der Waals surface area (Å²) in [6.07, 6.45) is 1.65. The van der Waals surface area contributed by atoms with Crippen molar-refractivity contribution in [2.24, 2.45) is 0 Å². The van der Waals surface area contributed by atoms with E-state index in [9.17, 15) is 0 Å². The summed E-state index contributed by atoms with van der Waals surface area (Å²) in [6.45, 7) is 2.00. The van der Waals surface area contributed by atoms with Crippen molar-refractivity contribution < 1.29 is 9.52 Å². The molecule has 0 radical (unpaired) electrons. The van der Waals surface area contributed by atoms with Gasteiger partial charge in [-0.1, -0.05) is 36.0 Å². The zero-order chi connectivity index (χ0) is 11.4. The lowest BCUT2D eigenvalue weighted by Crippen LogP contribution is -1.85. The maximum Gasteiger partial charge on any atom is 0.256 e. The van der Waals surface area contributed by atoms with Crippen LogP contribution >= 0.6 is 11.8 Å². The summed E-state index contributed by atoms with van der Waals surface area (Å²) in [6, 6.07) is 7.87. The number of aromatic nitrogens is 1. The van der Waals surface area contributed by atoms with E-state index < -0.39 is 0 Å². The van der Waals surface area contributed by atoms with Crippen molar-refractivity contribution in [2.45, 2.75) is 24.5 Å². The molecule has 0 spiro atoms. The second-order valence-corrected chi connectivity index (χ2v) is 4.44. The van der Waals surface area contributed by atoms with Crippen LogP contribution in [0, 0.1) is 6.92 Å². The van der Waals surface area contributed by atoms with Crippen molar-refractivity contribution in [3.8, 4) is 0 Å². The molecule has 0 amide bonds. The van der Waals surface area contributed by atoms with Gasteiger partial charge in [-0.2, -0.15) is 0 Å². The van der Waals surface area contributed by atoms with E-state index in [2.05, 4.69) is 4.98 Å². The van der Waals surface area contributed by atoms with Gasteiger partial charge in [0.1, 0.15) is 6.26 Å². The normalized spacial score (nSPS) is 10.6. The second kappa shape index (κ2) is 5.18. The van der Waals surface area contributed by atoms with E-state index in [0.29, 0.717) is 5.22 Å². The highest BCUT2D eigenvalue weighted by molar-refractivity contribution is 7.98. The van der Waals surface area contributed by atoms with Gasteiger partial charge in [0, 0.05) is 5.75 Å². The third kappa shape index (κ3) is 2.87. The predicted molar refractivity (Wildman–Crippen MR) is 63.2 cm³/mol. The Balaban J connectivity index is 1.94. The van der Waals surface area contributed by atoms with E-state index >= 15 is 0 Å².